The monoisotopic (exact) mass is 385 g/mol. The highest BCUT2D eigenvalue weighted by atomic mass is 35.5. The Morgan fingerprint density at radius 1 is 1.26 bits per heavy atom. The first-order chi connectivity index (χ1) is 13.0. The topological polar surface area (TPSA) is 75.3 Å². The van der Waals surface area contributed by atoms with Gasteiger partial charge in [0.15, 0.2) is 0 Å². The molecule has 7 heteroatoms. The van der Waals surface area contributed by atoms with Crippen molar-refractivity contribution < 1.29 is 9.53 Å². The molecule has 1 amide bonds. The van der Waals surface area contributed by atoms with E-state index in [1.807, 2.05) is 6.07 Å². The molecule has 6 nitrogen and oxygen atoms in total. The average molecular weight is 386 g/mol. The van der Waals surface area contributed by atoms with Crippen LogP contribution in [0.15, 0.2) is 47.3 Å². The summed E-state index contributed by atoms with van der Waals surface area (Å²) < 4.78 is 5.32. The summed E-state index contributed by atoms with van der Waals surface area (Å²) in [4.78, 5) is 33.4. The second-order valence-electron chi connectivity index (χ2n) is 6.24. The molecule has 2 aromatic carbocycles. The van der Waals surface area contributed by atoms with E-state index in [2.05, 4.69) is 9.97 Å². The molecule has 0 aliphatic carbocycles. The van der Waals surface area contributed by atoms with Gasteiger partial charge in [0.05, 0.1) is 18.0 Å². The molecule has 27 heavy (non-hydrogen) atoms. The fraction of sp³-hybridized carbons (Fsp3) is 0.250. The minimum absolute atomic E-state index is 0.0622. The standard InChI is InChI=1S/C20H20ClN3O3/c1-24(12-13-11-14(21)7-8-17(13)27-2)19(25)10-9-18-22-16-6-4-3-5-15(16)20(26)23-18/h3-8,11H,9-10,12H2,1-2H3,(H,22,23,26). The highest BCUT2D eigenvalue weighted by Crippen LogP contribution is 2.24. The van der Waals surface area contributed by atoms with Gasteiger partial charge in [0, 0.05) is 37.0 Å². The average Bonchev–Trinajstić information content (AvgIpc) is 2.66. The summed E-state index contributed by atoms with van der Waals surface area (Å²) >= 11 is 6.04. The number of carbonyl (C=O) groups is 1. The van der Waals surface area contributed by atoms with Gasteiger partial charge in [-0.3, -0.25) is 9.59 Å². The number of hydrogen-bond acceptors (Lipinski definition) is 4. The lowest BCUT2D eigenvalue weighted by atomic mass is 10.1. The number of aromatic amines is 1. The fourth-order valence-corrected chi connectivity index (χ4v) is 3.08. The van der Waals surface area contributed by atoms with Crippen molar-refractivity contribution in [2.45, 2.75) is 19.4 Å². The Labute approximate surface area is 161 Å². The number of halogens is 1. The number of ether oxygens (including phenoxy) is 1. The van der Waals surface area contributed by atoms with Crippen molar-refractivity contribution in [3.63, 3.8) is 0 Å². The Kier molecular flexibility index (Phi) is 5.76. The number of aryl methyl sites for hydroxylation is 1. The minimum Gasteiger partial charge on any atom is -0.496 e. The lowest BCUT2D eigenvalue weighted by Gasteiger charge is -2.19. The van der Waals surface area contributed by atoms with Gasteiger partial charge in [-0.05, 0) is 30.3 Å². The van der Waals surface area contributed by atoms with Gasteiger partial charge in [0.25, 0.3) is 5.56 Å². The zero-order valence-electron chi connectivity index (χ0n) is 15.2. The van der Waals surface area contributed by atoms with E-state index in [0.717, 1.165) is 5.56 Å². The van der Waals surface area contributed by atoms with Crippen molar-refractivity contribution in [1.82, 2.24) is 14.9 Å². The predicted octanol–water partition coefficient (Wildman–Crippen LogP) is 3.18. The zero-order chi connectivity index (χ0) is 19.4. The summed E-state index contributed by atoms with van der Waals surface area (Å²) in [5, 5.41) is 1.13. The van der Waals surface area contributed by atoms with Crippen molar-refractivity contribution in [2.24, 2.45) is 0 Å². The maximum Gasteiger partial charge on any atom is 0.258 e. The maximum absolute atomic E-state index is 12.5. The highest BCUT2D eigenvalue weighted by molar-refractivity contribution is 6.30. The number of hydrogen-bond donors (Lipinski definition) is 1. The van der Waals surface area contributed by atoms with Gasteiger partial charge in [0.2, 0.25) is 5.91 Å². The summed E-state index contributed by atoms with van der Waals surface area (Å²) in [6.45, 7) is 0.379. The summed E-state index contributed by atoms with van der Waals surface area (Å²) in [7, 11) is 3.30. The third-order valence-electron chi connectivity index (χ3n) is 4.31. The number of nitrogens with one attached hydrogen (secondary N) is 1. The molecule has 0 aliphatic heterocycles. The molecular formula is C20H20ClN3O3. The Morgan fingerprint density at radius 3 is 2.81 bits per heavy atom. The molecule has 140 valence electrons. The largest absolute Gasteiger partial charge is 0.496 e. The molecule has 0 aliphatic rings. The van der Waals surface area contributed by atoms with Crippen LogP contribution in [0.1, 0.15) is 17.8 Å². The van der Waals surface area contributed by atoms with Crippen molar-refractivity contribution in [3.05, 3.63) is 69.2 Å². The summed E-state index contributed by atoms with van der Waals surface area (Å²) in [6, 6.07) is 12.4. The third kappa shape index (κ3) is 4.46. The smallest absolute Gasteiger partial charge is 0.258 e. The van der Waals surface area contributed by atoms with Gasteiger partial charge in [0.1, 0.15) is 11.6 Å². The summed E-state index contributed by atoms with van der Waals surface area (Å²) in [5.41, 5.74) is 1.26. The SMILES string of the molecule is COc1ccc(Cl)cc1CN(C)C(=O)CCc1nc2ccccc2c(=O)[nH]1. The van der Waals surface area contributed by atoms with E-state index >= 15 is 0 Å². The van der Waals surface area contributed by atoms with Crippen LogP contribution in [0.2, 0.25) is 5.02 Å². The van der Waals surface area contributed by atoms with E-state index in [1.54, 1.807) is 55.5 Å². The Hall–Kier alpha value is -2.86. The summed E-state index contributed by atoms with van der Waals surface area (Å²) in [6.07, 6.45) is 0.594. The second-order valence-corrected chi connectivity index (χ2v) is 6.67. The molecule has 0 unspecified atom stereocenters. The lowest BCUT2D eigenvalue weighted by Crippen LogP contribution is -2.27. The molecule has 1 N–H and O–H groups in total. The van der Waals surface area contributed by atoms with E-state index in [0.29, 0.717) is 40.5 Å². The van der Waals surface area contributed by atoms with E-state index in [4.69, 9.17) is 16.3 Å². The molecule has 1 aromatic heterocycles. The molecule has 1 heterocycles. The number of benzene rings is 2. The number of aromatic nitrogens is 2. The predicted molar refractivity (Wildman–Crippen MR) is 105 cm³/mol. The van der Waals surface area contributed by atoms with Gasteiger partial charge in [-0.15, -0.1) is 0 Å². The van der Waals surface area contributed by atoms with Crippen LogP contribution in [0.3, 0.4) is 0 Å². The number of methoxy groups -OCH3 is 1. The van der Waals surface area contributed by atoms with Crippen LogP contribution in [0.5, 0.6) is 5.75 Å². The van der Waals surface area contributed by atoms with Gasteiger partial charge in [-0.1, -0.05) is 23.7 Å². The van der Waals surface area contributed by atoms with E-state index in [-0.39, 0.29) is 17.9 Å². The lowest BCUT2D eigenvalue weighted by molar-refractivity contribution is -0.130. The molecule has 0 saturated carbocycles. The Balaban J connectivity index is 1.67. The molecule has 0 saturated heterocycles. The van der Waals surface area contributed by atoms with Crippen molar-refractivity contribution in [1.29, 1.82) is 0 Å². The minimum atomic E-state index is -0.194. The zero-order valence-corrected chi connectivity index (χ0v) is 15.9. The summed E-state index contributed by atoms with van der Waals surface area (Å²) in [5.74, 6) is 1.12. The molecule has 0 atom stereocenters. The van der Waals surface area contributed by atoms with Crippen LogP contribution in [-0.2, 0) is 17.8 Å². The van der Waals surface area contributed by atoms with Gasteiger partial charge in [-0.2, -0.15) is 0 Å². The molecule has 0 spiro atoms. The number of amides is 1. The number of carbonyl (C=O) groups excluding carboxylic acids is 1. The molecule has 0 fully saturated rings. The first-order valence-corrected chi connectivity index (χ1v) is 8.90. The third-order valence-corrected chi connectivity index (χ3v) is 4.55. The first kappa shape index (κ1) is 18.9. The van der Waals surface area contributed by atoms with Crippen LogP contribution in [0.4, 0.5) is 0 Å². The quantitative estimate of drug-likeness (QED) is 0.707. The van der Waals surface area contributed by atoms with Crippen molar-refractivity contribution >= 4 is 28.4 Å². The number of H-pyrrole nitrogens is 1. The first-order valence-electron chi connectivity index (χ1n) is 8.52. The maximum atomic E-state index is 12.5. The molecule has 0 bridgehead atoms. The van der Waals surface area contributed by atoms with E-state index < -0.39 is 0 Å². The molecular weight excluding hydrogens is 366 g/mol. The van der Waals surface area contributed by atoms with Crippen molar-refractivity contribution in [2.75, 3.05) is 14.2 Å². The van der Waals surface area contributed by atoms with Crippen LogP contribution in [0.25, 0.3) is 10.9 Å². The van der Waals surface area contributed by atoms with Gasteiger partial charge < -0.3 is 14.6 Å². The van der Waals surface area contributed by atoms with Crippen LogP contribution >= 0.6 is 11.6 Å². The highest BCUT2D eigenvalue weighted by Gasteiger charge is 2.14. The Bertz CT molecular complexity index is 1030. The van der Waals surface area contributed by atoms with Crippen LogP contribution < -0.4 is 10.3 Å². The number of fused-ring (bicyclic) bond motifs is 1. The van der Waals surface area contributed by atoms with E-state index in [9.17, 15) is 9.59 Å². The van der Waals surface area contributed by atoms with Gasteiger partial charge >= 0.3 is 0 Å². The number of rotatable bonds is 6. The van der Waals surface area contributed by atoms with Crippen LogP contribution in [-0.4, -0.2) is 34.9 Å². The second kappa shape index (κ2) is 8.22. The number of para-hydroxylation sites is 1. The van der Waals surface area contributed by atoms with E-state index in [1.165, 1.54) is 0 Å². The fourth-order valence-electron chi connectivity index (χ4n) is 2.88. The molecule has 3 rings (SSSR count). The normalized spacial score (nSPS) is 10.8. The molecule has 0 radical (unpaired) electrons. The number of nitrogens with zero attached hydrogens (tertiary/aromatic N) is 2. The van der Waals surface area contributed by atoms with Crippen molar-refractivity contribution in [3.8, 4) is 5.75 Å². The molecule has 3 aromatic rings. The Morgan fingerprint density at radius 2 is 2.04 bits per heavy atom. The van der Waals surface area contributed by atoms with Gasteiger partial charge in [-0.25, -0.2) is 4.98 Å². The van der Waals surface area contributed by atoms with Crippen LogP contribution in [0, 0.1) is 0 Å².